The molecule has 144 valence electrons. The molecule has 0 radical (unpaired) electrons. The number of nitrogens with zero attached hydrogens (tertiary/aromatic N) is 1. The zero-order valence-electron chi connectivity index (χ0n) is 16.0. The van der Waals surface area contributed by atoms with Crippen LogP contribution in [-0.4, -0.2) is 48.8 Å². The summed E-state index contributed by atoms with van der Waals surface area (Å²) < 4.78 is 1.22. The van der Waals surface area contributed by atoms with Crippen LogP contribution >= 0.6 is 0 Å². The quantitative estimate of drug-likeness (QED) is 0.508. The van der Waals surface area contributed by atoms with Gasteiger partial charge in [0.25, 0.3) is 0 Å². The van der Waals surface area contributed by atoms with Crippen molar-refractivity contribution >= 4 is 22.9 Å². The second-order valence-corrected chi connectivity index (χ2v) is 7.40. The lowest BCUT2D eigenvalue weighted by molar-refractivity contribution is -0.929. The summed E-state index contributed by atoms with van der Waals surface area (Å²) in [4.78, 5) is 23.5. The lowest BCUT2D eigenvalue weighted by atomic mass is 10.1. The van der Waals surface area contributed by atoms with Gasteiger partial charge in [0.1, 0.15) is 0 Å². The first-order valence-electron chi connectivity index (χ1n) is 9.75. The summed E-state index contributed by atoms with van der Waals surface area (Å²) >= 11 is 0. The highest BCUT2D eigenvalue weighted by Crippen LogP contribution is 2.20. The first-order chi connectivity index (χ1) is 13.0. The van der Waals surface area contributed by atoms with Gasteiger partial charge in [-0.15, -0.1) is 0 Å². The van der Waals surface area contributed by atoms with Crippen LogP contribution < -0.4 is 16.4 Å². The summed E-state index contributed by atoms with van der Waals surface area (Å²) in [6.07, 6.45) is 6.46. The Balaban J connectivity index is 1.52. The predicted octanol–water partition coefficient (Wildman–Crippen LogP) is 2.41. The van der Waals surface area contributed by atoms with Crippen LogP contribution in [0.3, 0.4) is 0 Å². The van der Waals surface area contributed by atoms with Gasteiger partial charge >= 0.3 is 0 Å². The molecule has 0 bridgehead atoms. The number of piperidine rings is 1. The minimum Gasteiger partial charge on any atom is -0.395 e. The molecule has 1 heterocycles. The Kier molecular flexibility index (Phi) is 5.96. The molecule has 1 aliphatic heterocycles. The van der Waals surface area contributed by atoms with Crippen molar-refractivity contribution in [2.45, 2.75) is 26.2 Å². The maximum absolute atomic E-state index is 11.9. The van der Waals surface area contributed by atoms with Gasteiger partial charge in [-0.2, -0.15) is 0 Å². The topological polar surface area (TPSA) is 84.2 Å². The number of nitrogens with one attached hydrogen (secondary N) is 2. The van der Waals surface area contributed by atoms with Gasteiger partial charge in [0.2, 0.25) is 11.6 Å². The zero-order chi connectivity index (χ0) is 19.3. The average molecular weight is 369 g/mol. The zero-order valence-corrected chi connectivity index (χ0v) is 16.0. The number of hydrogen-bond donors (Lipinski definition) is 3. The molecule has 0 atom stereocenters. The van der Waals surface area contributed by atoms with Gasteiger partial charge in [0, 0.05) is 23.5 Å². The smallest absolute Gasteiger partial charge is 0.204 e. The van der Waals surface area contributed by atoms with Gasteiger partial charge in [0.05, 0.1) is 44.1 Å². The van der Waals surface area contributed by atoms with E-state index in [-0.39, 0.29) is 23.0 Å². The summed E-state index contributed by atoms with van der Waals surface area (Å²) in [5.74, 6) is -0.634. The fourth-order valence-electron chi connectivity index (χ4n) is 3.82. The number of likely N-dealkylation sites (tertiary alicyclic amines) is 1. The highest BCUT2D eigenvalue weighted by atomic mass is 16.1. The predicted molar refractivity (Wildman–Crippen MR) is 108 cm³/mol. The number of carbonyl (C=O) groups is 2. The molecule has 1 fully saturated rings. The number of benzene rings is 1. The van der Waals surface area contributed by atoms with E-state index in [1.165, 1.54) is 49.5 Å². The van der Waals surface area contributed by atoms with Crippen molar-refractivity contribution < 1.29 is 14.1 Å². The van der Waals surface area contributed by atoms with E-state index in [1.54, 1.807) is 0 Å². The van der Waals surface area contributed by atoms with Crippen LogP contribution in [0.5, 0.6) is 0 Å². The summed E-state index contributed by atoms with van der Waals surface area (Å²) in [6.45, 7) is 8.17. The van der Waals surface area contributed by atoms with E-state index in [1.807, 2.05) is 24.3 Å². The van der Waals surface area contributed by atoms with E-state index < -0.39 is 0 Å². The van der Waals surface area contributed by atoms with Crippen molar-refractivity contribution in [3.63, 3.8) is 0 Å². The molecule has 4 N–H and O–H groups in total. The third-order valence-electron chi connectivity index (χ3n) is 5.63. The molecule has 3 rings (SSSR count). The second-order valence-electron chi connectivity index (χ2n) is 7.40. The van der Waals surface area contributed by atoms with Crippen molar-refractivity contribution in [2.75, 3.05) is 43.4 Å². The molecule has 6 heteroatoms. The van der Waals surface area contributed by atoms with Crippen LogP contribution in [0.15, 0.2) is 47.8 Å². The summed E-state index contributed by atoms with van der Waals surface area (Å²) in [7, 11) is 0. The van der Waals surface area contributed by atoms with Crippen LogP contribution in [-0.2, 0) is 9.59 Å². The SMILES string of the molecule is CC[N+]1(CCNc2ccc(NC3=CC(=O)C(N)=CC3=O)cc2)CCCCC1. The number of rotatable bonds is 7. The highest BCUT2D eigenvalue weighted by Gasteiger charge is 2.27. The number of likely N-dealkylation sites (N-methyl/N-ethyl adjacent to an activating group) is 1. The monoisotopic (exact) mass is 369 g/mol. The van der Waals surface area contributed by atoms with Crippen LogP contribution in [0.1, 0.15) is 26.2 Å². The van der Waals surface area contributed by atoms with Crippen molar-refractivity contribution in [1.82, 2.24) is 0 Å². The minimum atomic E-state index is -0.346. The average Bonchev–Trinajstić information content (AvgIpc) is 2.68. The molecule has 27 heavy (non-hydrogen) atoms. The number of anilines is 2. The Morgan fingerprint density at radius 1 is 0.963 bits per heavy atom. The molecule has 1 aliphatic carbocycles. The molecule has 1 aromatic carbocycles. The number of hydrogen-bond acceptors (Lipinski definition) is 5. The third-order valence-corrected chi connectivity index (χ3v) is 5.63. The maximum Gasteiger partial charge on any atom is 0.204 e. The Morgan fingerprint density at radius 3 is 2.30 bits per heavy atom. The highest BCUT2D eigenvalue weighted by molar-refractivity contribution is 6.20. The normalized spacial score (nSPS) is 19.3. The van der Waals surface area contributed by atoms with Gasteiger partial charge in [-0.25, -0.2) is 0 Å². The van der Waals surface area contributed by atoms with E-state index >= 15 is 0 Å². The summed E-state index contributed by atoms with van der Waals surface area (Å²) in [5, 5.41) is 6.49. The van der Waals surface area contributed by atoms with Crippen LogP contribution in [0.2, 0.25) is 0 Å². The van der Waals surface area contributed by atoms with Crippen LogP contribution in [0, 0.1) is 0 Å². The Bertz CT molecular complexity index is 759. The van der Waals surface area contributed by atoms with E-state index in [0.29, 0.717) is 0 Å². The number of carbonyl (C=O) groups excluding carboxylic acids is 2. The van der Waals surface area contributed by atoms with Crippen molar-refractivity contribution in [3.8, 4) is 0 Å². The number of allylic oxidation sites excluding steroid dienone is 2. The molecule has 1 aromatic rings. The molecular weight excluding hydrogens is 340 g/mol. The first-order valence-corrected chi connectivity index (χ1v) is 9.75. The molecule has 0 amide bonds. The number of nitrogens with two attached hydrogens (primary N) is 1. The van der Waals surface area contributed by atoms with Crippen molar-refractivity contribution in [1.29, 1.82) is 0 Å². The summed E-state index contributed by atoms with van der Waals surface area (Å²) in [5.41, 5.74) is 7.51. The first kappa shape index (κ1) is 19.2. The van der Waals surface area contributed by atoms with Crippen LogP contribution in [0.25, 0.3) is 0 Å². The van der Waals surface area contributed by atoms with Gasteiger partial charge in [-0.05, 0) is 50.5 Å². The fraction of sp³-hybridized carbons (Fsp3) is 0.429. The van der Waals surface area contributed by atoms with E-state index in [0.717, 1.165) is 30.5 Å². The fourth-order valence-corrected chi connectivity index (χ4v) is 3.82. The Hall–Kier alpha value is -2.60. The number of ketones is 2. The largest absolute Gasteiger partial charge is 0.395 e. The molecule has 0 aromatic heterocycles. The van der Waals surface area contributed by atoms with E-state index in [9.17, 15) is 9.59 Å². The third kappa shape index (κ3) is 4.77. The second kappa shape index (κ2) is 8.39. The lowest BCUT2D eigenvalue weighted by Gasteiger charge is -2.41. The van der Waals surface area contributed by atoms with Crippen molar-refractivity contribution in [2.24, 2.45) is 5.73 Å². The van der Waals surface area contributed by atoms with Crippen molar-refractivity contribution in [3.05, 3.63) is 47.8 Å². The van der Waals surface area contributed by atoms with Gasteiger partial charge in [-0.3, -0.25) is 9.59 Å². The lowest BCUT2D eigenvalue weighted by Crippen LogP contribution is -2.53. The summed E-state index contributed by atoms with van der Waals surface area (Å²) in [6, 6.07) is 7.75. The van der Waals surface area contributed by atoms with Gasteiger partial charge in [-0.1, -0.05) is 0 Å². The molecule has 0 spiro atoms. The number of quaternary nitrogens is 1. The molecule has 0 unspecified atom stereocenters. The van der Waals surface area contributed by atoms with Gasteiger partial charge < -0.3 is 20.9 Å². The van der Waals surface area contributed by atoms with Crippen LogP contribution in [0.4, 0.5) is 11.4 Å². The molecule has 2 aliphatic rings. The standard InChI is InChI=1S/C21H28N4O2/c1-2-25(11-4-3-5-12-25)13-10-23-16-6-8-17(9-7-16)24-19-15-20(26)18(22)14-21(19)27/h6-9,14-15H,2-5,10-13H2,1H3,(H3-,22,23,24,26,27)/p+1. The molecule has 1 saturated heterocycles. The molecule has 0 saturated carbocycles. The minimum absolute atomic E-state index is 0.0219. The maximum atomic E-state index is 11.9. The van der Waals surface area contributed by atoms with E-state index in [2.05, 4.69) is 17.6 Å². The Labute approximate surface area is 160 Å². The van der Waals surface area contributed by atoms with Gasteiger partial charge in [0.15, 0.2) is 0 Å². The molecular formula is C21H29N4O2+. The molecule has 6 nitrogen and oxygen atoms in total. The van der Waals surface area contributed by atoms with E-state index in [4.69, 9.17) is 5.73 Å². The Morgan fingerprint density at radius 2 is 1.63 bits per heavy atom.